The highest BCUT2D eigenvalue weighted by Crippen LogP contribution is 2.19. The van der Waals surface area contributed by atoms with Gasteiger partial charge in [0.15, 0.2) is 0 Å². The quantitative estimate of drug-likeness (QED) is 0.570. The Labute approximate surface area is 153 Å². The average Bonchev–Trinajstić information content (AvgIpc) is 2.92. The number of carbonyl (C=O) groups is 1. The number of imidazole rings is 1. The normalized spacial score (nSPS) is 10.9. The molecule has 1 aromatic heterocycles. The van der Waals surface area contributed by atoms with Gasteiger partial charge in [-0.3, -0.25) is 4.79 Å². The standard InChI is InChI=1S/C18H17BrN2O2S/c1-24-12-17-20-15-4-2-3-5-16(15)21(17)10-18(22)23-11-13-6-8-14(19)9-7-13/h2-9H,10-12H2,1H3. The zero-order valence-electron chi connectivity index (χ0n) is 13.2. The van der Waals surface area contributed by atoms with Crippen LogP contribution in [0.2, 0.25) is 0 Å². The van der Waals surface area contributed by atoms with Crippen LogP contribution in [-0.2, 0) is 28.4 Å². The van der Waals surface area contributed by atoms with Crippen LogP contribution in [0.15, 0.2) is 53.0 Å². The predicted molar refractivity (Wildman–Crippen MR) is 101 cm³/mol. The molecule has 0 aliphatic carbocycles. The lowest BCUT2D eigenvalue weighted by atomic mass is 10.2. The Hall–Kier alpha value is -1.79. The van der Waals surface area contributed by atoms with Crippen LogP contribution in [0.3, 0.4) is 0 Å². The first-order valence-corrected chi connectivity index (χ1v) is 9.69. The average molecular weight is 405 g/mol. The first kappa shape index (κ1) is 17.0. The molecule has 3 rings (SSSR count). The van der Waals surface area contributed by atoms with Gasteiger partial charge in [0.2, 0.25) is 0 Å². The van der Waals surface area contributed by atoms with Gasteiger partial charge in [0.05, 0.1) is 16.8 Å². The number of hydrogen-bond donors (Lipinski definition) is 0. The van der Waals surface area contributed by atoms with Gasteiger partial charge in [-0.1, -0.05) is 40.2 Å². The molecule has 0 saturated carbocycles. The van der Waals surface area contributed by atoms with E-state index in [1.165, 1.54) is 0 Å². The third-order valence-electron chi connectivity index (χ3n) is 3.61. The maximum Gasteiger partial charge on any atom is 0.326 e. The number of carbonyl (C=O) groups excluding carboxylic acids is 1. The molecule has 4 nitrogen and oxygen atoms in total. The number of esters is 1. The zero-order valence-corrected chi connectivity index (χ0v) is 15.6. The second-order valence-electron chi connectivity index (χ2n) is 5.32. The van der Waals surface area contributed by atoms with Gasteiger partial charge in [-0.2, -0.15) is 11.8 Å². The van der Waals surface area contributed by atoms with Gasteiger partial charge in [0.1, 0.15) is 19.0 Å². The van der Waals surface area contributed by atoms with Crippen LogP contribution in [0, 0.1) is 0 Å². The molecule has 0 aliphatic heterocycles. The number of benzene rings is 2. The molecule has 0 fully saturated rings. The number of fused-ring (bicyclic) bond motifs is 1. The van der Waals surface area contributed by atoms with Crippen molar-refractivity contribution < 1.29 is 9.53 Å². The minimum Gasteiger partial charge on any atom is -0.459 e. The molecule has 124 valence electrons. The molecule has 0 saturated heterocycles. The summed E-state index contributed by atoms with van der Waals surface area (Å²) < 4.78 is 8.36. The molecule has 1 heterocycles. The smallest absolute Gasteiger partial charge is 0.326 e. The summed E-state index contributed by atoms with van der Waals surface area (Å²) in [6.07, 6.45) is 2.02. The van der Waals surface area contributed by atoms with E-state index in [0.717, 1.165) is 32.6 Å². The van der Waals surface area contributed by atoms with Gasteiger partial charge in [-0.15, -0.1) is 0 Å². The van der Waals surface area contributed by atoms with E-state index in [2.05, 4.69) is 20.9 Å². The Kier molecular flexibility index (Phi) is 5.58. The lowest BCUT2D eigenvalue weighted by molar-refractivity contribution is -0.145. The van der Waals surface area contributed by atoms with Gasteiger partial charge >= 0.3 is 5.97 Å². The van der Waals surface area contributed by atoms with E-state index in [1.807, 2.05) is 59.4 Å². The van der Waals surface area contributed by atoms with Crippen LogP contribution in [-0.4, -0.2) is 21.8 Å². The molecule has 2 aromatic carbocycles. The first-order valence-electron chi connectivity index (χ1n) is 7.50. The second kappa shape index (κ2) is 7.85. The molecule has 6 heteroatoms. The molecular formula is C18H17BrN2O2S. The highest BCUT2D eigenvalue weighted by molar-refractivity contribution is 9.10. The first-order chi connectivity index (χ1) is 11.7. The molecule has 0 amide bonds. The Morgan fingerprint density at radius 1 is 1.21 bits per heavy atom. The summed E-state index contributed by atoms with van der Waals surface area (Å²) in [5.74, 6) is 1.39. The molecule has 0 aliphatic rings. The van der Waals surface area contributed by atoms with Crippen LogP contribution in [0.5, 0.6) is 0 Å². The fourth-order valence-electron chi connectivity index (χ4n) is 2.46. The third-order valence-corrected chi connectivity index (χ3v) is 4.68. The van der Waals surface area contributed by atoms with Crippen molar-refractivity contribution in [1.29, 1.82) is 0 Å². The number of nitrogens with zero attached hydrogens (tertiary/aromatic N) is 2. The number of ether oxygens (including phenoxy) is 1. The van der Waals surface area contributed by atoms with Crippen LogP contribution in [0.4, 0.5) is 0 Å². The van der Waals surface area contributed by atoms with Crippen molar-refractivity contribution in [3.8, 4) is 0 Å². The maximum absolute atomic E-state index is 12.3. The molecule has 3 aromatic rings. The largest absolute Gasteiger partial charge is 0.459 e. The molecule has 0 spiro atoms. The highest BCUT2D eigenvalue weighted by Gasteiger charge is 2.14. The molecular weight excluding hydrogens is 388 g/mol. The van der Waals surface area contributed by atoms with Crippen molar-refractivity contribution in [3.63, 3.8) is 0 Å². The summed E-state index contributed by atoms with van der Waals surface area (Å²) in [7, 11) is 0. The predicted octanol–water partition coefficient (Wildman–Crippen LogP) is 4.41. The minimum absolute atomic E-state index is 0.174. The van der Waals surface area contributed by atoms with Gasteiger partial charge in [-0.05, 0) is 36.1 Å². The summed E-state index contributed by atoms with van der Waals surface area (Å²) in [6, 6.07) is 15.6. The number of aromatic nitrogens is 2. The fourth-order valence-corrected chi connectivity index (χ4v) is 3.20. The monoisotopic (exact) mass is 404 g/mol. The summed E-state index contributed by atoms with van der Waals surface area (Å²) in [4.78, 5) is 16.9. The van der Waals surface area contributed by atoms with Crippen molar-refractivity contribution in [1.82, 2.24) is 9.55 Å². The number of hydrogen-bond acceptors (Lipinski definition) is 4. The van der Waals surface area contributed by atoms with E-state index in [-0.39, 0.29) is 19.1 Å². The summed E-state index contributed by atoms with van der Waals surface area (Å²) >= 11 is 5.07. The number of halogens is 1. The third kappa shape index (κ3) is 3.99. The minimum atomic E-state index is -0.261. The van der Waals surface area contributed by atoms with E-state index < -0.39 is 0 Å². The molecule has 0 atom stereocenters. The Balaban J connectivity index is 1.72. The summed E-state index contributed by atoms with van der Waals surface area (Å²) in [5.41, 5.74) is 2.83. The lowest BCUT2D eigenvalue weighted by Crippen LogP contribution is -2.15. The molecule has 24 heavy (non-hydrogen) atoms. The molecule has 0 radical (unpaired) electrons. The van der Waals surface area contributed by atoms with Crippen molar-refractivity contribution in [2.45, 2.75) is 18.9 Å². The second-order valence-corrected chi connectivity index (χ2v) is 7.10. The lowest BCUT2D eigenvalue weighted by Gasteiger charge is -2.09. The summed E-state index contributed by atoms with van der Waals surface area (Å²) in [5, 5.41) is 0. The van der Waals surface area contributed by atoms with E-state index in [4.69, 9.17) is 4.74 Å². The van der Waals surface area contributed by atoms with E-state index in [1.54, 1.807) is 11.8 Å². The summed E-state index contributed by atoms with van der Waals surface area (Å²) in [6.45, 7) is 0.448. The van der Waals surface area contributed by atoms with E-state index in [9.17, 15) is 4.79 Å². The van der Waals surface area contributed by atoms with E-state index in [0.29, 0.717) is 0 Å². The van der Waals surface area contributed by atoms with Gasteiger partial charge < -0.3 is 9.30 Å². The SMILES string of the molecule is CSCc1nc2ccccc2n1CC(=O)OCc1ccc(Br)cc1. The van der Waals surface area contributed by atoms with Crippen molar-refractivity contribution >= 4 is 44.7 Å². The van der Waals surface area contributed by atoms with Gasteiger partial charge in [0, 0.05) is 4.47 Å². The fraction of sp³-hybridized carbons (Fsp3) is 0.222. The van der Waals surface area contributed by atoms with Gasteiger partial charge in [-0.25, -0.2) is 4.98 Å². The van der Waals surface area contributed by atoms with Crippen molar-refractivity contribution in [3.05, 3.63) is 64.4 Å². The van der Waals surface area contributed by atoms with Crippen LogP contribution in [0.1, 0.15) is 11.4 Å². The zero-order chi connectivity index (χ0) is 16.9. The molecule has 0 unspecified atom stereocenters. The molecule has 0 bridgehead atoms. The number of rotatable bonds is 6. The number of thioether (sulfide) groups is 1. The Morgan fingerprint density at radius 2 is 1.96 bits per heavy atom. The van der Waals surface area contributed by atoms with Crippen molar-refractivity contribution in [2.24, 2.45) is 0 Å². The van der Waals surface area contributed by atoms with Crippen molar-refractivity contribution in [2.75, 3.05) is 6.26 Å². The maximum atomic E-state index is 12.3. The van der Waals surface area contributed by atoms with Crippen LogP contribution in [0.25, 0.3) is 11.0 Å². The molecule has 0 N–H and O–H groups in total. The Bertz CT molecular complexity index is 846. The topological polar surface area (TPSA) is 44.1 Å². The van der Waals surface area contributed by atoms with Crippen LogP contribution >= 0.6 is 27.7 Å². The van der Waals surface area contributed by atoms with E-state index >= 15 is 0 Å². The van der Waals surface area contributed by atoms with Gasteiger partial charge in [0.25, 0.3) is 0 Å². The van der Waals surface area contributed by atoms with Crippen LogP contribution < -0.4 is 0 Å². The highest BCUT2D eigenvalue weighted by atomic mass is 79.9. The Morgan fingerprint density at radius 3 is 2.71 bits per heavy atom. The number of para-hydroxylation sites is 2.